The van der Waals surface area contributed by atoms with Gasteiger partial charge in [-0.2, -0.15) is 0 Å². The largest absolute Gasteiger partial charge is 0.468 e. The Labute approximate surface area is 134 Å². The van der Waals surface area contributed by atoms with Crippen molar-refractivity contribution in [1.29, 1.82) is 0 Å². The van der Waals surface area contributed by atoms with Crippen LogP contribution >= 0.6 is 9.12 Å². The Hall–Kier alpha value is -1.41. The van der Waals surface area contributed by atoms with Gasteiger partial charge in [-0.15, -0.1) is 0 Å². The molecule has 0 fully saturated rings. The normalized spacial score (nSPS) is 11.3. The van der Waals surface area contributed by atoms with E-state index in [2.05, 4.69) is 0 Å². The molecule has 0 N–H and O–H groups in total. The van der Waals surface area contributed by atoms with E-state index in [9.17, 15) is 9.59 Å². The van der Waals surface area contributed by atoms with Crippen molar-refractivity contribution in [2.45, 2.75) is 47.0 Å². The highest BCUT2D eigenvalue weighted by Gasteiger charge is 2.29. The van der Waals surface area contributed by atoms with Gasteiger partial charge in [-0.1, -0.05) is 37.5 Å². The van der Waals surface area contributed by atoms with E-state index < -0.39 is 11.9 Å². The van der Waals surface area contributed by atoms with E-state index in [0.29, 0.717) is 21.1 Å². The van der Waals surface area contributed by atoms with Gasteiger partial charge >= 0.3 is 5.97 Å². The Morgan fingerprint density at radius 3 is 2.05 bits per heavy atom. The molecule has 5 heteroatoms. The Morgan fingerprint density at radius 1 is 1.14 bits per heavy atom. The van der Waals surface area contributed by atoms with Crippen LogP contribution in [0.2, 0.25) is 0 Å². The second-order valence-corrected chi connectivity index (χ2v) is 5.36. The van der Waals surface area contributed by atoms with Gasteiger partial charge in [0.2, 0.25) is 0 Å². The zero-order valence-electron chi connectivity index (χ0n) is 14.2. The maximum Gasteiger partial charge on any atom is 0.316 e. The number of carbonyl (C=O) groups excluding carboxylic acids is 2. The van der Waals surface area contributed by atoms with E-state index in [0.717, 1.165) is 29.5 Å². The molecule has 0 saturated heterocycles. The molecule has 1 aromatic carbocycles. The first kappa shape index (κ1) is 20.6. The van der Waals surface area contributed by atoms with Crippen LogP contribution in [0.15, 0.2) is 12.1 Å². The first-order valence-corrected chi connectivity index (χ1v) is 7.98. The number of unbranched alkanes of at least 4 members (excludes halogenated alkanes) is 1. The van der Waals surface area contributed by atoms with Crippen molar-refractivity contribution in [3.05, 3.63) is 34.4 Å². The van der Waals surface area contributed by atoms with Gasteiger partial charge in [0.1, 0.15) is 5.92 Å². The number of hydrogen-bond donors (Lipinski definition) is 0. The van der Waals surface area contributed by atoms with Gasteiger partial charge in [-0.3, -0.25) is 9.59 Å². The molecule has 4 nitrogen and oxygen atoms in total. The van der Waals surface area contributed by atoms with E-state index >= 15 is 0 Å². The lowest BCUT2D eigenvalue weighted by Crippen LogP contribution is -2.26. The summed E-state index contributed by atoms with van der Waals surface area (Å²) in [5.41, 5.74) is 3.65. The molecule has 2 unspecified atom stereocenters. The Bertz CT molecular complexity index is 502. The third-order valence-corrected chi connectivity index (χ3v) is 3.57. The van der Waals surface area contributed by atoms with Crippen LogP contribution in [0, 0.1) is 26.7 Å². The number of aryl methyl sites for hydroxylation is 3. The standard InChI is InChI=1S/C17H24O3.H3OP/c1-6-7-8-14(17(19)20-5)16(18)15-12(3)9-11(2)10-13(15)4;1-2/h9-10,14H,6-8H2,1-5H3;2H3. The first-order valence-electron chi connectivity index (χ1n) is 7.41. The maximum atomic E-state index is 12.7. The van der Waals surface area contributed by atoms with Crippen LogP contribution in [-0.4, -0.2) is 18.9 Å². The molecule has 0 aliphatic carbocycles. The van der Waals surface area contributed by atoms with Crippen molar-refractivity contribution < 1.29 is 18.9 Å². The lowest BCUT2D eigenvalue weighted by atomic mass is 9.87. The number of rotatable bonds is 6. The summed E-state index contributed by atoms with van der Waals surface area (Å²) in [7, 11) is 1.95. The summed E-state index contributed by atoms with van der Waals surface area (Å²) in [6.45, 7) is 7.88. The van der Waals surface area contributed by atoms with E-state index in [4.69, 9.17) is 9.30 Å². The number of esters is 1. The van der Waals surface area contributed by atoms with Gasteiger partial charge in [0, 0.05) is 5.56 Å². The van der Waals surface area contributed by atoms with Crippen molar-refractivity contribution in [1.82, 2.24) is 0 Å². The Morgan fingerprint density at radius 2 is 1.64 bits per heavy atom. The molecular weight excluding hydrogens is 299 g/mol. The van der Waals surface area contributed by atoms with Crippen LogP contribution < -0.4 is 0 Å². The van der Waals surface area contributed by atoms with Gasteiger partial charge in [0.15, 0.2) is 5.78 Å². The van der Waals surface area contributed by atoms with E-state index in [1.807, 2.05) is 39.8 Å². The minimum Gasteiger partial charge on any atom is -0.468 e. The average Bonchev–Trinajstić information content (AvgIpc) is 2.48. The molecule has 0 spiro atoms. The predicted molar refractivity (Wildman–Crippen MR) is 91.8 cm³/mol. The molecule has 0 aliphatic heterocycles. The molecule has 2 atom stereocenters. The average molecular weight is 326 g/mol. The van der Waals surface area contributed by atoms with Crippen molar-refractivity contribution in [2.75, 3.05) is 7.11 Å². The van der Waals surface area contributed by atoms with Gasteiger partial charge < -0.3 is 9.30 Å². The predicted octanol–water partition coefficient (Wildman–Crippen LogP) is 3.71. The van der Waals surface area contributed by atoms with E-state index in [1.165, 1.54) is 7.11 Å². The highest BCUT2D eigenvalue weighted by molar-refractivity contribution is 7.00. The summed E-state index contributed by atoms with van der Waals surface area (Å²) in [5.74, 6) is -1.22. The lowest BCUT2D eigenvalue weighted by molar-refractivity contribution is -0.143. The fraction of sp³-hybridized carbons (Fsp3) is 0.529. The van der Waals surface area contributed by atoms with Crippen LogP contribution in [0.4, 0.5) is 0 Å². The molecule has 0 heterocycles. The fourth-order valence-corrected chi connectivity index (χ4v) is 2.65. The minimum atomic E-state index is -0.681. The summed E-state index contributed by atoms with van der Waals surface area (Å²) in [6.07, 6.45) is 2.34. The molecule has 0 aliphatic rings. The molecule has 124 valence electrons. The van der Waals surface area contributed by atoms with Crippen LogP contribution in [0.3, 0.4) is 0 Å². The van der Waals surface area contributed by atoms with Crippen molar-refractivity contribution in [2.24, 2.45) is 5.92 Å². The smallest absolute Gasteiger partial charge is 0.316 e. The van der Waals surface area contributed by atoms with E-state index in [1.54, 1.807) is 0 Å². The second kappa shape index (κ2) is 10.3. The zero-order valence-corrected chi connectivity index (χ0v) is 15.6. The summed E-state index contributed by atoms with van der Waals surface area (Å²) in [6, 6.07) is 3.96. The third kappa shape index (κ3) is 5.42. The number of methoxy groups -OCH3 is 1. The molecule has 1 aromatic rings. The lowest BCUT2D eigenvalue weighted by Gasteiger charge is -2.17. The monoisotopic (exact) mass is 326 g/mol. The number of Topliss-reactive ketones (excluding diaryl/α,β-unsaturated/α-hetero) is 1. The number of carbonyl (C=O) groups is 2. The van der Waals surface area contributed by atoms with Crippen molar-refractivity contribution in [3.8, 4) is 0 Å². The molecular formula is C17H27O4P. The number of ketones is 1. The van der Waals surface area contributed by atoms with Crippen LogP contribution in [0.5, 0.6) is 0 Å². The molecule has 0 aromatic heterocycles. The van der Waals surface area contributed by atoms with Gasteiger partial charge in [-0.25, -0.2) is 0 Å². The summed E-state index contributed by atoms with van der Waals surface area (Å²) in [4.78, 5) is 24.6. The van der Waals surface area contributed by atoms with Crippen molar-refractivity contribution in [3.63, 3.8) is 0 Å². The summed E-state index contributed by atoms with van der Waals surface area (Å²) >= 11 is 0. The van der Waals surface area contributed by atoms with Gasteiger partial charge in [-0.05, 0) is 38.3 Å². The number of benzene rings is 1. The third-order valence-electron chi connectivity index (χ3n) is 3.57. The molecule has 0 radical (unpaired) electrons. The van der Waals surface area contributed by atoms with Crippen LogP contribution in [0.25, 0.3) is 0 Å². The summed E-state index contributed by atoms with van der Waals surface area (Å²) in [5, 5.41) is 0. The molecule has 0 amide bonds. The number of ether oxygens (including phenoxy) is 1. The molecule has 0 bridgehead atoms. The highest BCUT2D eigenvalue weighted by Crippen LogP contribution is 2.23. The van der Waals surface area contributed by atoms with Crippen molar-refractivity contribution >= 4 is 20.9 Å². The first-order chi connectivity index (χ1) is 10.4. The Balaban J connectivity index is 0.00000211. The minimum absolute atomic E-state index is 0.111. The molecule has 1 rings (SSSR count). The number of hydrogen-bond acceptors (Lipinski definition) is 4. The highest BCUT2D eigenvalue weighted by atomic mass is 31.0. The topological polar surface area (TPSA) is 60.4 Å². The van der Waals surface area contributed by atoms with Crippen LogP contribution in [0.1, 0.15) is 53.2 Å². The zero-order chi connectivity index (χ0) is 17.3. The van der Waals surface area contributed by atoms with Crippen LogP contribution in [-0.2, 0) is 14.1 Å². The second-order valence-electron chi connectivity index (χ2n) is 5.36. The molecule has 22 heavy (non-hydrogen) atoms. The van der Waals surface area contributed by atoms with E-state index in [-0.39, 0.29) is 5.78 Å². The van der Waals surface area contributed by atoms with Gasteiger partial charge in [0.25, 0.3) is 0 Å². The molecule has 0 saturated carbocycles. The fourth-order valence-electron chi connectivity index (χ4n) is 2.65. The maximum absolute atomic E-state index is 12.7. The summed E-state index contributed by atoms with van der Waals surface area (Å²) < 4.78 is 13.1. The van der Waals surface area contributed by atoms with Gasteiger partial charge in [0.05, 0.1) is 16.2 Å². The SMILES string of the molecule is CCCCC(C(=O)OC)C(=O)c1c(C)cc(C)cc1C.O=[PH3]. The Kier molecular flexibility index (Phi) is 9.68. The quantitative estimate of drug-likeness (QED) is 0.346.